The zero-order valence-corrected chi connectivity index (χ0v) is 16.2. The van der Waals surface area contributed by atoms with Crippen molar-refractivity contribution in [2.45, 2.75) is 25.5 Å². The first-order valence-corrected chi connectivity index (χ1v) is 9.88. The van der Waals surface area contributed by atoms with Gasteiger partial charge in [-0.2, -0.15) is 5.26 Å². The number of aromatic nitrogens is 1. The summed E-state index contributed by atoms with van der Waals surface area (Å²) in [5.41, 5.74) is 3.23. The number of nitrogens with zero attached hydrogens (tertiary/aromatic N) is 2. The molecule has 1 amide bonds. The lowest BCUT2D eigenvalue weighted by Crippen LogP contribution is -2.32. The van der Waals surface area contributed by atoms with Gasteiger partial charge in [0.05, 0.1) is 6.10 Å². The number of benzene rings is 2. The number of carbonyl (C=O) groups excluding carboxylic acids is 1. The molecule has 2 aromatic carbocycles. The lowest BCUT2D eigenvalue weighted by molar-refractivity contribution is -0.117. The van der Waals surface area contributed by atoms with Crippen LogP contribution in [0.1, 0.15) is 24.0 Å². The van der Waals surface area contributed by atoms with Gasteiger partial charge in [-0.25, -0.2) is 0 Å². The first kappa shape index (κ1) is 19.0. The van der Waals surface area contributed by atoms with Crippen LogP contribution < -0.4 is 5.32 Å². The zero-order chi connectivity index (χ0) is 20.1. The molecule has 1 aromatic heterocycles. The third-order valence-corrected chi connectivity index (χ3v) is 5.19. The number of hydrogen-bond acceptors (Lipinski definition) is 3. The molecule has 3 aromatic rings. The van der Waals surface area contributed by atoms with Crippen molar-refractivity contribution in [1.82, 2.24) is 9.88 Å². The summed E-state index contributed by atoms with van der Waals surface area (Å²) in [6.45, 7) is 1.90. The van der Waals surface area contributed by atoms with E-state index in [9.17, 15) is 10.1 Å². The largest absolute Gasteiger partial charge is 0.376 e. The second kappa shape index (κ2) is 8.76. The van der Waals surface area contributed by atoms with Gasteiger partial charge >= 0.3 is 0 Å². The van der Waals surface area contributed by atoms with Crippen LogP contribution in [0.15, 0.2) is 66.4 Å². The van der Waals surface area contributed by atoms with E-state index >= 15 is 0 Å². The van der Waals surface area contributed by atoms with Crippen molar-refractivity contribution in [2.75, 3.05) is 13.2 Å². The van der Waals surface area contributed by atoms with Crippen LogP contribution in [-0.2, 0) is 16.1 Å². The molecule has 5 heteroatoms. The predicted molar refractivity (Wildman–Crippen MR) is 113 cm³/mol. The molecule has 146 valence electrons. The molecular weight excluding hydrogens is 362 g/mol. The first-order chi connectivity index (χ1) is 14.2. The molecule has 1 N–H and O–H groups in total. The molecule has 2 heterocycles. The Balaban J connectivity index is 1.60. The van der Waals surface area contributed by atoms with Crippen molar-refractivity contribution in [3.63, 3.8) is 0 Å². The molecule has 0 spiro atoms. The molecule has 29 heavy (non-hydrogen) atoms. The molecular formula is C24H23N3O2. The van der Waals surface area contributed by atoms with E-state index in [0.717, 1.165) is 42.5 Å². The highest BCUT2D eigenvalue weighted by Gasteiger charge is 2.18. The van der Waals surface area contributed by atoms with Crippen molar-refractivity contribution in [2.24, 2.45) is 0 Å². The van der Waals surface area contributed by atoms with Crippen molar-refractivity contribution in [1.29, 1.82) is 5.26 Å². The number of amides is 1. The maximum absolute atomic E-state index is 12.5. The molecule has 1 aliphatic heterocycles. The van der Waals surface area contributed by atoms with Gasteiger partial charge in [-0.15, -0.1) is 0 Å². The summed E-state index contributed by atoms with van der Waals surface area (Å²) < 4.78 is 7.68. The number of nitrogens with one attached hydrogen (secondary N) is 1. The van der Waals surface area contributed by atoms with E-state index in [-0.39, 0.29) is 17.6 Å². The fourth-order valence-corrected chi connectivity index (χ4v) is 3.71. The number of fused-ring (bicyclic) bond motifs is 1. The van der Waals surface area contributed by atoms with Crippen molar-refractivity contribution >= 4 is 22.9 Å². The number of rotatable bonds is 6. The van der Waals surface area contributed by atoms with Gasteiger partial charge in [-0.05, 0) is 30.5 Å². The summed E-state index contributed by atoms with van der Waals surface area (Å²) in [6, 6.07) is 20.3. The molecule has 5 nitrogen and oxygen atoms in total. The molecule has 4 rings (SSSR count). The monoisotopic (exact) mass is 385 g/mol. The molecule has 1 atom stereocenters. The third-order valence-electron chi connectivity index (χ3n) is 5.19. The first-order valence-electron chi connectivity index (χ1n) is 9.88. The normalized spacial score (nSPS) is 16.7. The predicted octanol–water partition coefficient (Wildman–Crippen LogP) is 3.89. The SMILES string of the molecule is N#C/C(=C\c1cn(Cc2ccccc2)c2ccccc12)C(=O)NC[C@@H]1CCCO1. The summed E-state index contributed by atoms with van der Waals surface area (Å²) in [4.78, 5) is 12.5. The van der Waals surface area contributed by atoms with Gasteiger partial charge in [0.15, 0.2) is 0 Å². The highest BCUT2D eigenvalue weighted by molar-refractivity contribution is 6.04. The Morgan fingerprint density at radius 3 is 2.76 bits per heavy atom. The minimum absolute atomic E-state index is 0.0479. The van der Waals surface area contributed by atoms with Gasteiger partial charge in [-0.1, -0.05) is 48.5 Å². The van der Waals surface area contributed by atoms with Gasteiger partial charge in [0.1, 0.15) is 11.6 Å². The van der Waals surface area contributed by atoms with Gasteiger partial charge in [0.25, 0.3) is 5.91 Å². The number of nitriles is 1. The van der Waals surface area contributed by atoms with Crippen LogP contribution in [0.3, 0.4) is 0 Å². The molecule has 0 unspecified atom stereocenters. The quantitative estimate of drug-likeness (QED) is 0.517. The molecule has 0 aliphatic carbocycles. The van der Waals surface area contributed by atoms with Gasteiger partial charge in [-0.3, -0.25) is 4.79 Å². The van der Waals surface area contributed by atoms with Gasteiger partial charge < -0.3 is 14.6 Å². The van der Waals surface area contributed by atoms with E-state index in [1.54, 1.807) is 6.08 Å². The summed E-state index contributed by atoms with van der Waals surface area (Å²) in [6.07, 6.45) is 5.69. The molecule has 0 bridgehead atoms. The number of para-hydroxylation sites is 1. The average Bonchev–Trinajstić information content (AvgIpc) is 3.40. The Bertz CT molecular complexity index is 1070. The average molecular weight is 385 g/mol. The van der Waals surface area contributed by atoms with Crippen molar-refractivity contribution in [3.8, 4) is 6.07 Å². The van der Waals surface area contributed by atoms with Crippen LogP contribution in [0.2, 0.25) is 0 Å². The standard InChI is InChI=1S/C24H23N3O2/c25-14-19(24(28)26-15-21-9-6-12-29-21)13-20-17-27(16-18-7-2-1-3-8-18)23-11-5-4-10-22(20)23/h1-5,7-8,10-11,13,17,21H,6,9,12,15-16H2,(H,26,28)/b19-13+/t21-/m0/s1. The second-order valence-corrected chi connectivity index (χ2v) is 7.23. The molecule has 0 saturated carbocycles. The smallest absolute Gasteiger partial charge is 0.262 e. The Labute approximate surface area is 170 Å². The van der Waals surface area contributed by atoms with Crippen molar-refractivity contribution < 1.29 is 9.53 Å². The van der Waals surface area contributed by atoms with E-state index in [0.29, 0.717) is 6.54 Å². The van der Waals surface area contributed by atoms with Crippen LogP contribution in [0.25, 0.3) is 17.0 Å². The fraction of sp³-hybridized carbons (Fsp3) is 0.250. The van der Waals surface area contributed by atoms with Crippen LogP contribution in [0, 0.1) is 11.3 Å². The minimum atomic E-state index is -0.358. The second-order valence-electron chi connectivity index (χ2n) is 7.23. The Morgan fingerprint density at radius 2 is 2.00 bits per heavy atom. The Kier molecular flexibility index (Phi) is 5.73. The summed E-state index contributed by atoms with van der Waals surface area (Å²) in [7, 11) is 0. The van der Waals surface area contributed by atoms with E-state index < -0.39 is 0 Å². The molecule has 0 radical (unpaired) electrons. The Morgan fingerprint density at radius 1 is 1.21 bits per heavy atom. The van der Waals surface area contributed by atoms with E-state index in [1.807, 2.05) is 48.7 Å². The number of hydrogen-bond donors (Lipinski definition) is 1. The molecule has 1 saturated heterocycles. The summed E-state index contributed by atoms with van der Waals surface area (Å²) in [5, 5.41) is 13.4. The van der Waals surface area contributed by atoms with Crippen LogP contribution in [0.4, 0.5) is 0 Å². The van der Waals surface area contributed by atoms with Gasteiger partial charge in [0, 0.05) is 42.4 Å². The highest BCUT2D eigenvalue weighted by Crippen LogP contribution is 2.24. The highest BCUT2D eigenvalue weighted by atomic mass is 16.5. The third kappa shape index (κ3) is 4.39. The van der Waals surface area contributed by atoms with Gasteiger partial charge in [0.2, 0.25) is 0 Å². The number of carbonyl (C=O) groups is 1. The lowest BCUT2D eigenvalue weighted by atomic mass is 10.1. The summed E-state index contributed by atoms with van der Waals surface area (Å²) in [5.74, 6) is -0.358. The van der Waals surface area contributed by atoms with E-state index in [1.165, 1.54) is 5.56 Å². The minimum Gasteiger partial charge on any atom is -0.376 e. The van der Waals surface area contributed by atoms with Crippen molar-refractivity contribution in [3.05, 3.63) is 77.5 Å². The maximum Gasteiger partial charge on any atom is 0.262 e. The molecule has 1 fully saturated rings. The number of ether oxygens (including phenoxy) is 1. The van der Waals surface area contributed by atoms with Crippen LogP contribution in [0.5, 0.6) is 0 Å². The topological polar surface area (TPSA) is 67.0 Å². The van der Waals surface area contributed by atoms with Crippen LogP contribution >= 0.6 is 0 Å². The van der Waals surface area contributed by atoms with Crippen LogP contribution in [-0.4, -0.2) is 29.7 Å². The maximum atomic E-state index is 12.5. The zero-order valence-electron chi connectivity index (χ0n) is 16.2. The molecule has 1 aliphatic rings. The fourth-order valence-electron chi connectivity index (χ4n) is 3.71. The Hall–Kier alpha value is -3.36. The lowest BCUT2D eigenvalue weighted by Gasteiger charge is -2.10. The van der Waals surface area contributed by atoms with E-state index in [4.69, 9.17) is 4.74 Å². The van der Waals surface area contributed by atoms with E-state index in [2.05, 4.69) is 28.1 Å². The summed E-state index contributed by atoms with van der Waals surface area (Å²) >= 11 is 0.